The van der Waals surface area contributed by atoms with Gasteiger partial charge in [-0.3, -0.25) is 9.80 Å². The summed E-state index contributed by atoms with van der Waals surface area (Å²) in [5.41, 5.74) is 4.46. The summed E-state index contributed by atoms with van der Waals surface area (Å²) >= 11 is 0. The molecule has 1 fully saturated rings. The Balaban J connectivity index is 1.49. The summed E-state index contributed by atoms with van der Waals surface area (Å²) in [5, 5.41) is 0. The van der Waals surface area contributed by atoms with E-state index in [1.807, 2.05) is 37.8 Å². The monoisotopic (exact) mass is 555 g/mol. The fourth-order valence-electron chi connectivity index (χ4n) is 5.13. The lowest BCUT2D eigenvalue weighted by Gasteiger charge is -2.37. The topological polar surface area (TPSA) is 45.2 Å². The fourth-order valence-corrected chi connectivity index (χ4v) is 5.13. The van der Waals surface area contributed by atoms with E-state index in [9.17, 15) is 4.79 Å². The Labute approximate surface area is 246 Å². The van der Waals surface area contributed by atoms with Crippen LogP contribution in [0, 0.1) is 0 Å². The molecule has 1 atom stereocenters. The number of carbonyl (C=O) groups excluding carboxylic acids is 1. The predicted molar refractivity (Wildman–Crippen MR) is 167 cm³/mol. The van der Waals surface area contributed by atoms with Crippen LogP contribution in [0.15, 0.2) is 91.0 Å². The molecule has 3 aromatic rings. The Bertz CT molecular complexity index is 1200. The van der Waals surface area contributed by atoms with Crippen molar-refractivity contribution in [2.45, 2.75) is 39.3 Å². The number of methoxy groups -OCH3 is 1. The van der Waals surface area contributed by atoms with E-state index < -0.39 is 5.60 Å². The highest BCUT2D eigenvalue weighted by Crippen LogP contribution is 2.26. The van der Waals surface area contributed by atoms with Crippen LogP contribution in [0.3, 0.4) is 0 Å². The van der Waals surface area contributed by atoms with E-state index in [0.29, 0.717) is 13.1 Å². The van der Waals surface area contributed by atoms with Crippen LogP contribution in [0.25, 0.3) is 5.57 Å². The maximum atomic E-state index is 12.5. The van der Waals surface area contributed by atoms with Crippen LogP contribution in [0.5, 0.6) is 5.75 Å². The lowest BCUT2D eigenvalue weighted by atomic mass is 9.97. The minimum Gasteiger partial charge on any atom is -0.497 e. The van der Waals surface area contributed by atoms with Gasteiger partial charge in [-0.05, 0) is 62.1 Å². The van der Waals surface area contributed by atoms with Crippen molar-refractivity contribution in [3.63, 3.8) is 0 Å². The summed E-state index contributed by atoms with van der Waals surface area (Å²) in [4.78, 5) is 19.3. The molecule has 0 radical (unpaired) electrons. The summed E-state index contributed by atoms with van der Waals surface area (Å²) in [6.45, 7) is 13.7. The Morgan fingerprint density at radius 1 is 0.878 bits per heavy atom. The van der Waals surface area contributed by atoms with Crippen molar-refractivity contribution >= 4 is 11.7 Å². The van der Waals surface area contributed by atoms with Crippen molar-refractivity contribution in [1.29, 1.82) is 0 Å². The number of ether oxygens (including phenoxy) is 2. The molecule has 1 aliphatic heterocycles. The van der Waals surface area contributed by atoms with E-state index in [0.717, 1.165) is 38.5 Å². The van der Waals surface area contributed by atoms with Crippen molar-refractivity contribution in [3.05, 3.63) is 108 Å². The minimum atomic E-state index is -0.474. The van der Waals surface area contributed by atoms with Gasteiger partial charge in [0.25, 0.3) is 0 Å². The minimum absolute atomic E-state index is 0.216. The molecule has 0 spiro atoms. The molecule has 6 heteroatoms. The van der Waals surface area contributed by atoms with Crippen LogP contribution in [-0.4, -0.2) is 79.3 Å². The van der Waals surface area contributed by atoms with Crippen LogP contribution in [0.2, 0.25) is 0 Å². The van der Waals surface area contributed by atoms with Crippen molar-refractivity contribution in [3.8, 4) is 5.75 Å². The molecule has 6 nitrogen and oxygen atoms in total. The van der Waals surface area contributed by atoms with E-state index in [1.54, 1.807) is 7.11 Å². The molecular weight excluding hydrogens is 510 g/mol. The van der Waals surface area contributed by atoms with Crippen molar-refractivity contribution in [2.24, 2.45) is 0 Å². The molecule has 4 rings (SSSR count). The normalized spacial score (nSPS) is 14.9. The van der Waals surface area contributed by atoms with Crippen molar-refractivity contribution in [2.75, 3.05) is 52.9 Å². The van der Waals surface area contributed by atoms with Crippen LogP contribution in [0.4, 0.5) is 4.79 Å². The highest BCUT2D eigenvalue weighted by molar-refractivity contribution is 5.79. The van der Waals surface area contributed by atoms with Gasteiger partial charge in [-0.25, -0.2) is 4.79 Å². The van der Waals surface area contributed by atoms with Crippen molar-refractivity contribution < 1.29 is 14.3 Å². The number of carbonyl (C=O) groups is 1. The molecule has 0 aromatic heterocycles. The van der Waals surface area contributed by atoms with E-state index in [4.69, 9.17) is 9.47 Å². The van der Waals surface area contributed by atoms with Gasteiger partial charge in [-0.1, -0.05) is 78.9 Å². The molecule has 0 N–H and O–H groups in total. The summed E-state index contributed by atoms with van der Waals surface area (Å²) < 4.78 is 11.0. The first-order valence-corrected chi connectivity index (χ1v) is 14.6. The summed E-state index contributed by atoms with van der Waals surface area (Å²) in [6, 6.07) is 29.9. The number of rotatable bonds is 10. The number of benzene rings is 3. The highest BCUT2D eigenvalue weighted by Gasteiger charge is 2.26. The first-order valence-electron chi connectivity index (χ1n) is 14.6. The molecule has 41 heavy (non-hydrogen) atoms. The Morgan fingerprint density at radius 3 is 1.95 bits per heavy atom. The molecule has 0 bridgehead atoms. The molecule has 1 heterocycles. The van der Waals surface area contributed by atoms with Gasteiger partial charge in [0, 0.05) is 51.9 Å². The molecule has 3 aromatic carbocycles. The van der Waals surface area contributed by atoms with Gasteiger partial charge in [0.1, 0.15) is 11.4 Å². The maximum Gasteiger partial charge on any atom is 0.410 e. The van der Waals surface area contributed by atoms with Crippen LogP contribution in [-0.2, 0) is 4.74 Å². The SMILES string of the molecule is COc1ccc([C@@H](C)N(CC=C(c2ccccc2)c2ccccc2)CCN2CCN(C(=O)OC(C)(C)C)CC2)cc1. The van der Waals surface area contributed by atoms with Gasteiger partial charge in [-0.2, -0.15) is 0 Å². The molecular formula is C35H45N3O3. The zero-order valence-electron chi connectivity index (χ0n) is 25.3. The Hall–Kier alpha value is -3.61. The number of piperazine rings is 1. The Kier molecular flexibility index (Phi) is 10.6. The smallest absolute Gasteiger partial charge is 0.410 e. The second-order valence-corrected chi connectivity index (χ2v) is 11.6. The summed E-state index contributed by atoms with van der Waals surface area (Å²) in [6.07, 6.45) is 2.15. The lowest BCUT2D eigenvalue weighted by Crippen LogP contribution is -2.51. The second-order valence-electron chi connectivity index (χ2n) is 11.6. The van der Waals surface area contributed by atoms with Gasteiger partial charge < -0.3 is 14.4 Å². The third kappa shape index (κ3) is 8.94. The second kappa shape index (κ2) is 14.3. The lowest BCUT2D eigenvalue weighted by molar-refractivity contribution is 0.0136. The van der Waals surface area contributed by atoms with Gasteiger partial charge in [0.05, 0.1) is 7.11 Å². The van der Waals surface area contributed by atoms with Crippen LogP contribution >= 0.6 is 0 Å². The zero-order valence-corrected chi connectivity index (χ0v) is 25.3. The Morgan fingerprint density at radius 2 is 1.44 bits per heavy atom. The molecule has 0 saturated carbocycles. The number of amides is 1. The number of hydrogen-bond acceptors (Lipinski definition) is 5. The molecule has 0 aliphatic carbocycles. The van der Waals surface area contributed by atoms with E-state index in [-0.39, 0.29) is 12.1 Å². The zero-order chi connectivity index (χ0) is 29.2. The molecule has 218 valence electrons. The van der Waals surface area contributed by atoms with Crippen LogP contribution < -0.4 is 4.74 Å². The quantitative estimate of drug-likeness (QED) is 0.277. The third-order valence-electron chi connectivity index (χ3n) is 7.57. The average molecular weight is 556 g/mol. The third-order valence-corrected chi connectivity index (χ3v) is 7.57. The maximum absolute atomic E-state index is 12.5. The summed E-state index contributed by atoms with van der Waals surface area (Å²) in [7, 11) is 1.70. The van der Waals surface area contributed by atoms with Crippen molar-refractivity contribution in [1.82, 2.24) is 14.7 Å². The summed E-state index contributed by atoms with van der Waals surface area (Å²) in [5.74, 6) is 0.866. The fraction of sp³-hybridized carbons (Fsp3) is 0.400. The molecule has 1 amide bonds. The average Bonchev–Trinajstić information content (AvgIpc) is 2.99. The predicted octanol–water partition coefficient (Wildman–Crippen LogP) is 6.74. The van der Waals surface area contributed by atoms with Gasteiger partial charge >= 0.3 is 6.09 Å². The van der Waals surface area contributed by atoms with E-state index in [2.05, 4.69) is 95.6 Å². The first-order chi connectivity index (χ1) is 19.7. The standard InChI is InChI=1S/C35H45N3O3/c1-28(29-16-18-32(40-5)19-17-29)37(25-22-36-23-26-38(27-24-36)34(39)41-35(2,3)4)21-20-33(30-12-8-6-9-13-30)31-14-10-7-11-15-31/h6-20,28H,21-27H2,1-5H3/t28-/m1/s1. The van der Waals surface area contributed by atoms with E-state index >= 15 is 0 Å². The number of nitrogens with zero attached hydrogens (tertiary/aromatic N) is 3. The van der Waals surface area contributed by atoms with Gasteiger partial charge in [-0.15, -0.1) is 0 Å². The molecule has 0 unspecified atom stereocenters. The van der Waals surface area contributed by atoms with E-state index in [1.165, 1.54) is 22.3 Å². The molecule has 1 aliphatic rings. The van der Waals surface area contributed by atoms with Gasteiger partial charge in [0.2, 0.25) is 0 Å². The van der Waals surface area contributed by atoms with Crippen LogP contribution in [0.1, 0.15) is 50.4 Å². The largest absolute Gasteiger partial charge is 0.497 e. The first kappa shape index (κ1) is 30.4. The molecule has 1 saturated heterocycles. The highest BCUT2D eigenvalue weighted by atomic mass is 16.6. The van der Waals surface area contributed by atoms with Gasteiger partial charge in [0.15, 0.2) is 0 Å². The number of hydrogen-bond donors (Lipinski definition) is 0.